The van der Waals surface area contributed by atoms with E-state index in [9.17, 15) is 0 Å². The molecule has 0 bridgehead atoms. The molecule has 0 atom stereocenters. The van der Waals surface area contributed by atoms with Crippen molar-refractivity contribution in [2.45, 2.75) is 0 Å². The second-order valence-electron chi connectivity index (χ2n) is 1.15. The minimum atomic E-state index is -2.92. The predicted molar refractivity (Wildman–Crippen MR) is 23.0 cm³/mol. The van der Waals surface area contributed by atoms with Gasteiger partial charge >= 0.3 is 617 Å². The van der Waals surface area contributed by atoms with Crippen LogP contribution < -0.4 is 677 Å². The Morgan fingerprint density at radius 2 is 0.179 bits per heavy atom. The molecule has 28 heavy (non-hydrogen) atoms. The van der Waals surface area contributed by atoms with E-state index in [4.69, 9.17) is 60.3 Å². The topological polar surface area (TPSA) is 277 Å². The van der Waals surface area contributed by atoms with Crippen molar-refractivity contribution >= 4 is 29.3 Å². The maximum atomic E-state index is 8.42. The first-order valence-electron chi connectivity index (χ1n) is 2.83. The van der Waals surface area contributed by atoms with Gasteiger partial charge in [0.25, 0.3) is 0 Å². The second kappa shape index (κ2) is 97.0. The van der Waals surface area contributed by atoms with Gasteiger partial charge in [-0.1, -0.05) is 0 Å². The van der Waals surface area contributed by atoms with Crippen molar-refractivity contribution in [3.63, 3.8) is 0 Å². The normalized spacial score (nSPS) is 3.86. The van der Waals surface area contributed by atoms with Gasteiger partial charge < -0.3 is 60.3 Å². The minimum Gasteiger partial charge on any atom is -0.907 e. The Morgan fingerprint density at radius 1 is 0.179 bits per heavy atom. The maximum absolute atomic E-state index is 8.42. The van der Waals surface area contributed by atoms with Crippen molar-refractivity contribution in [1.29, 1.82) is 0 Å². The Labute approximate surface area is 678 Å². The Morgan fingerprint density at radius 3 is 0.179 bits per heavy atom. The van der Waals surface area contributed by atoms with Crippen LogP contribution in [0.3, 0.4) is 0 Å². The van der Waals surface area contributed by atoms with Crippen LogP contribution in [0.1, 0.15) is 0 Å². The van der Waals surface area contributed by atoms with E-state index in [0.717, 1.165) is 0 Å². The van der Waals surface area contributed by atoms with E-state index in [0.29, 0.717) is 0 Å². The summed E-state index contributed by atoms with van der Waals surface area (Å²) in [6.07, 6.45) is 0. The van der Waals surface area contributed by atoms with Crippen molar-refractivity contribution in [2.24, 2.45) is 0 Å². The second-order valence-corrected chi connectivity index (χ2v) is 1.15. The fraction of sp³-hybridized carbons (Fsp3) is 0. The number of hydrogen-bond donors (Lipinski definition) is 0. The summed E-state index contributed by atoms with van der Waals surface area (Å²) in [4.78, 5) is 0. The van der Waals surface area contributed by atoms with Crippen LogP contribution in [0.5, 0.6) is 0 Å². The molecule has 0 fully saturated rings. The summed E-state index contributed by atoms with van der Waals surface area (Å²) in [7, 11) is -11.7. The molecular weight excluding hydrogens is 704 g/mol. The quantitative estimate of drug-likeness (QED) is 0.213. The van der Waals surface area contributed by atoms with Crippen LogP contribution in [0.4, 0.5) is 0 Å². The number of rotatable bonds is 0. The van der Waals surface area contributed by atoms with Gasteiger partial charge in [0.05, 0.1) is 0 Å². The Kier molecular flexibility index (Phi) is 359. The van der Waals surface area contributed by atoms with E-state index in [-0.39, 0.29) is 617 Å². The maximum Gasteiger partial charge on any atom is 1.00 e. The Balaban J connectivity index is -0.00000000429. The molecule has 0 aromatic rings. The zero-order valence-electron chi connectivity index (χ0n) is 19.2. The van der Waals surface area contributed by atoms with Crippen molar-refractivity contribution < 1.29 is 677 Å². The zero-order valence-corrected chi connectivity index (χ0v) is 56.7. The molecule has 0 aromatic carbocycles. The molecule has 0 aliphatic carbocycles. The molecule has 0 heterocycles. The van der Waals surface area contributed by atoms with E-state index in [1.807, 2.05) is 0 Å². The molecule has 0 saturated carbocycles. The van der Waals surface area contributed by atoms with Gasteiger partial charge in [0, 0.05) is 0 Å². The molecule has 0 saturated heterocycles. The molecule has 0 radical (unpaired) electrons. The van der Waals surface area contributed by atoms with E-state index in [1.54, 1.807) is 0 Å². The summed E-state index contributed by atoms with van der Waals surface area (Å²) in [6.45, 7) is 0. The molecule has 0 aromatic heterocycles. The summed E-state index contributed by atoms with van der Waals surface area (Å²) in [6, 6.07) is 0. The Hall–Kier alpha value is 19.4. The fourth-order valence-corrected chi connectivity index (χ4v) is 0. The summed E-state index contributed by atoms with van der Waals surface area (Å²) in [5.41, 5.74) is 0. The monoisotopic (exact) mass is 704 g/mol. The molecular formula is B4K12O12. The van der Waals surface area contributed by atoms with E-state index in [1.165, 1.54) is 0 Å². The molecule has 28 heteroatoms. The molecule has 0 unspecified atom stereocenters. The standard InChI is InChI=1S/4BO3.12K/c4*2-1(3)4;;;;;;;;;;;;/q4*-3;12*+1. The van der Waals surface area contributed by atoms with Crippen LogP contribution in [0.2, 0.25) is 0 Å². The SMILES string of the molecule is [K+].[K+].[K+].[K+].[K+].[K+].[K+].[K+].[K+].[K+].[K+].[K+].[O-]B([O-])[O-].[O-]B([O-])[O-].[O-]B([O-])[O-].[O-]B([O-])[O-]. The molecule has 0 aliphatic rings. The van der Waals surface area contributed by atoms with Gasteiger partial charge in [-0.2, -0.15) is 0 Å². The molecule has 0 amide bonds. The van der Waals surface area contributed by atoms with Crippen molar-refractivity contribution in [1.82, 2.24) is 0 Å². The van der Waals surface area contributed by atoms with Gasteiger partial charge in [0.2, 0.25) is 0 Å². The summed E-state index contributed by atoms with van der Waals surface area (Å²) in [5, 5.41) is 101. The summed E-state index contributed by atoms with van der Waals surface area (Å²) in [5.74, 6) is 0. The molecule has 0 aliphatic heterocycles. The van der Waals surface area contributed by atoms with E-state index < -0.39 is 29.3 Å². The first-order valence-corrected chi connectivity index (χ1v) is 2.83. The first-order chi connectivity index (χ1) is 6.93. The van der Waals surface area contributed by atoms with Crippen LogP contribution in [0.15, 0.2) is 0 Å². The van der Waals surface area contributed by atoms with Gasteiger partial charge in [-0.3, -0.25) is 29.3 Å². The van der Waals surface area contributed by atoms with Gasteiger partial charge in [-0.15, -0.1) is 0 Å². The Bertz CT molecular complexity index is 83.6. The average Bonchev–Trinajstić information content (AvgIpc) is 1.76. The first kappa shape index (κ1) is 104. The molecule has 0 rings (SSSR count). The van der Waals surface area contributed by atoms with Crippen LogP contribution in [0, 0.1) is 0 Å². The predicted octanol–water partition coefficient (Wildman–Crippen LogP) is -51.7. The van der Waals surface area contributed by atoms with E-state index >= 15 is 0 Å². The third-order valence-corrected chi connectivity index (χ3v) is 0. The molecule has 0 spiro atoms. The third-order valence-electron chi connectivity index (χ3n) is 0. The van der Waals surface area contributed by atoms with E-state index in [2.05, 4.69) is 0 Å². The van der Waals surface area contributed by atoms with Gasteiger partial charge in [-0.25, -0.2) is 0 Å². The fourth-order valence-electron chi connectivity index (χ4n) is 0. The zero-order chi connectivity index (χ0) is 14.3. The number of hydrogen-bond acceptors (Lipinski definition) is 12. The summed E-state index contributed by atoms with van der Waals surface area (Å²) < 4.78 is 0. The van der Waals surface area contributed by atoms with Crippen LogP contribution in [0.25, 0.3) is 0 Å². The molecule has 96 valence electrons. The third kappa shape index (κ3) is 238. The molecule has 12 nitrogen and oxygen atoms in total. The minimum absolute atomic E-state index is 0. The average molecular weight is 704 g/mol. The van der Waals surface area contributed by atoms with Crippen LogP contribution in [-0.4, -0.2) is 29.3 Å². The molecule has 0 N–H and O–H groups in total. The summed E-state index contributed by atoms with van der Waals surface area (Å²) >= 11 is 0. The largest absolute Gasteiger partial charge is 1.00 e. The van der Waals surface area contributed by atoms with Crippen LogP contribution >= 0.6 is 0 Å². The van der Waals surface area contributed by atoms with Gasteiger partial charge in [0.15, 0.2) is 0 Å². The van der Waals surface area contributed by atoms with Crippen LogP contribution in [-0.2, 0) is 0 Å². The van der Waals surface area contributed by atoms with Crippen molar-refractivity contribution in [3.05, 3.63) is 0 Å². The van der Waals surface area contributed by atoms with Crippen molar-refractivity contribution in [2.75, 3.05) is 0 Å². The van der Waals surface area contributed by atoms with Gasteiger partial charge in [0.1, 0.15) is 0 Å². The van der Waals surface area contributed by atoms with Crippen molar-refractivity contribution in [3.8, 4) is 0 Å². The van der Waals surface area contributed by atoms with Gasteiger partial charge in [-0.05, 0) is 0 Å². The smallest absolute Gasteiger partial charge is 0.907 e.